The predicted octanol–water partition coefficient (Wildman–Crippen LogP) is 4.99. The van der Waals surface area contributed by atoms with E-state index in [0.29, 0.717) is 22.9 Å². The van der Waals surface area contributed by atoms with Crippen molar-refractivity contribution in [1.29, 1.82) is 0 Å². The molecule has 1 unspecified atom stereocenters. The summed E-state index contributed by atoms with van der Waals surface area (Å²) in [6, 6.07) is 4.69. The van der Waals surface area contributed by atoms with Crippen molar-refractivity contribution in [3.8, 4) is 0 Å². The maximum absolute atomic E-state index is 13.7. The molecule has 2 rings (SSSR count). The van der Waals surface area contributed by atoms with E-state index in [1.807, 2.05) is 0 Å². The largest absolute Gasteiger partial charge is 0.392 e. The zero-order chi connectivity index (χ0) is 14.5. The molecule has 0 aliphatic heterocycles. The number of halogens is 2. The Morgan fingerprint density at radius 2 is 2.00 bits per heavy atom. The van der Waals surface area contributed by atoms with Gasteiger partial charge in [-0.2, -0.15) is 0 Å². The fourth-order valence-electron chi connectivity index (χ4n) is 3.35. The van der Waals surface area contributed by atoms with Gasteiger partial charge in [0.2, 0.25) is 0 Å². The predicted molar refractivity (Wildman–Crippen MR) is 81.5 cm³/mol. The van der Waals surface area contributed by atoms with Gasteiger partial charge >= 0.3 is 0 Å². The molecule has 0 bridgehead atoms. The van der Waals surface area contributed by atoms with Crippen molar-refractivity contribution in [2.45, 2.75) is 58.0 Å². The molecule has 3 heteroatoms. The van der Waals surface area contributed by atoms with E-state index in [4.69, 9.17) is 11.6 Å². The molecule has 1 aliphatic rings. The second-order valence-electron chi connectivity index (χ2n) is 6.08. The van der Waals surface area contributed by atoms with Crippen LogP contribution in [0.4, 0.5) is 4.39 Å². The summed E-state index contributed by atoms with van der Waals surface area (Å²) < 4.78 is 13.7. The quantitative estimate of drug-likeness (QED) is 0.812. The minimum Gasteiger partial charge on any atom is -0.392 e. The van der Waals surface area contributed by atoms with Gasteiger partial charge in [0.1, 0.15) is 5.82 Å². The molecule has 1 aliphatic carbocycles. The van der Waals surface area contributed by atoms with Crippen LogP contribution in [0.3, 0.4) is 0 Å². The third-order valence-corrected chi connectivity index (χ3v) is 4.81. The van der Waals surface area contributed by atoms with E-state index in [2.05, 4.69) is 6.92 Å². The van der Waals surface area contributed by atoms with Gasteiger partial charge in [0.05, 0.1) is 6.10 Å². The lowest BCUT2D eigenvalue weighted by Crippen LogP contribution is -2.27. The smallest absolute Gasteiger partial charge is 0.127 e. The first-order chi connectivity index (χ1) is 9.60. The summed E-state index contributed by atoms with van der Waals surface area (Å²) in [5, 5.41) is 10.7. The Bertz CT molecular complexity index is 427. The van der Waals surface area contributed by atoms with Gasteiger partial charge in [-0.3, -0.25) is 0 Å². The molecule has 1 N–H and O–H groups in total. The molecule has 0 radical (unpaired) electrons. The Labute approximate surface area is 126 Å². The molecule has 1 atom stereocenters. The van der Waals surface area contributed by atoms with Crippen molar-refractivity contribution in [1.82, 2.24) is 0 Å². The Balaban J connectivity index is 1.87. The van der Waals surface area contributed by atoms with Gasteiger partial charge in [0.25, 0.3) is 0 Å². The fraction of sp³-hybridized carbons (Fsp3) is 0.647. The molecule has 1 aromatic rings. The van der Waals surface area contributed by atoms with Crippen LogP contribution < -0.4 is 0 Å². The van der Waals surface area contributed by atoms with Crippen LogP contribution in [0, 0.1) is 17.7 Å². The normalized spacial score (nSPS) is 24.6. The van der Waals surface area contributed by atoms with Crippen molar-refractivity contribution < 1.29 is 9.50 Å². The lowest BCUT2D eigenvalue weighted by atomic mass is 9.77. The molecule has 0 aromatic heterocycles. The highest BCUT2D eigenvalue weighted by Crippen LogP contribution is 2.34. The van der Waals surface area contributed by atoms with Gasteiger partial charge in [-0.05, 0) is 42.4 Å². The first kappa shape index (κ1) is 15.8. The van der Waals surface area contributed by atoms with Gasteiger partial charge in [0, 0.05) is 11.4 Å². The molecule has 0 saturated heterocycles. The van der Waals surface area contributed by atoms with E-state index < -0.39 is 6.10 Å². The summed E-state index contributed by atoms with van der Waals surface area (Å²) in [7, 11) is 0. The second-order valence-corrected chi connectivity index (χ2v) is 6.51. The standard InChI is InChI=1S/C17H24ClFO/c1-2-3-12-4-6-13(7-5-12)17(20)10-14-8-9-15(18)11-16(14)19/h8-9,11-13,17,20H,2-7,10H2,1H3. The first-order valence-electron chi connectivity index (χ1n) is 7.72. The van der Waals surface area contributed by atoms with Gasteiger partial charge in [-0.15, -0.1) is 0 Å². The summed E-state index contributed by atoms with van der Waals surface area (Å²) >= 11 is 5.75. The zero-order valence-electron chi connectivity index (χ0n) is 12.1. The number of aliphatic hydroxyl groups excluding tert-OH is 1. The Kier molecular flexibility index (Phi) is 5.86. The summed E-state index contributed by atoms with van der Waals surface area (Å²) in [5.74, 6) is 0.838. The number of aliphatic hydroxyl groups is 1. The number of rotatable bonds is 5. The van der Waals surface area contributed by atoms with Crippen LogP contribution in [0.15, 0.2) is 18.2 Å². The molecular formula is C17H24ClFO. The van der Waals surface area contributed by atoms with E-state index in [-0.39, 0.29) is 5.82 Å². The van der Waals surface area contributed by atoms with Crippen LogP contribution in [0.1, 0.15) is 51.0 Å². The molecule has 0 heterocycles. The number of hydrogen-bond donors (Lipinski definition) is 1. The van der Waals surface area contributed by atoms with Crippen molar-refractivity contribution in [3.05, 3.63) is 34.6 Å². The van der Waals surface area contributed by atoms with Crippen LogP contribution in [-0.2, 0) is 6.42 Å². The van der Waals surface area contributed by atoms with Crippen LogP contribution >= 0.6 is 11.6 Å². The van der Waals surface area contributed by atoms with E-state index in [1.54, 1.807) is 12.1 Å². The minimum atomic E-state index is -0.437. The van der Waals surface area contributed by atoms with Gasteiger partial charge in [-0.1, -0.05) is 50.3 Å². The molecular weight excluding hydrogens is 275 g/mol. The summed E-state index contributed by atoms with van der Waals surface area (Å²) in [4.78, 5) is 0. The van der Waals surface area contributed by atoms with E-state index >= 15 is 0 Å². The van der Waals surface area contributed by atoms with Crippen molar-refractivity contribution >= 4 is 11.6 Å². The van der Waals surface area contributed by atoms with Gasteiger partial charge in [0.15, 0.2) is 0 Å². The van der Waals surface area contributed by atoms with E-state index in [9.17, 15) is 9.50 Å². The molecule has 1 fully saturated rings. The Morgan fingerprint density at radius 1 is 1.30 bits per heavy atom. The van der Waals surface area contributed by atoms with Gasteiger partial charge in [-0.25, -0.2) is 4.39 Å². The molecule has 1 saturated carbocycles. The van der Waals surface area contributed by atoms with Crippen molar-refractivity contribution in [2.24, 2.45) is 11.8 Å². The van der Waals surface area contributed by atoms with Crippen LogP contribution in [0.25, 0.3) is 0 Å². The third-order valence-electron chi connectivity index (χ3n) is 4.58. The van der Waals surface area contributed by atoms with Crippen LogP contribution in [0.2, 0.25) is 5.02 Å². The minimum absolute atomic E-state index is 0.309. The van der Waals surface area contributed by atoms with Crippen LogP contribution in [0.5, 0.6) is 0 Å². The zero-order valence-corrected chi connectivity index (χ0v) is 12.9. The van der Waals surface area contributed by atoms with Crippen molar-refractivity contribution in [2.75, 3.05) is 0 Å². The average molecular weight is 299 g/mol. The summed E-state index contributed by atoms with van der Waals surface area (Å²) in [6.07, 6.45) is 7.06. The van der Waals surface area contributed by atoms with Crippen LogP contribution in [-0.4, -0.2) is 11.2 Å². The van der Waals surface area contributed by atoms with E-state index in [1.165, 1.54) is 31.7 Å². The first-order valence-corrected chi connectivity index (χ1v) is 8.10. The molecule has 0 amide bonds. The fourth-order valence-corrected chi connectivity index (χ4v) is 3.51. The number of benzene rings is 1. The highest BCUT2D eigenvalue weighted by Gasteiger charge is 2.26. The lowest BCUT2D eigenvalue weighted by molar-refractivity contribution is 0.0721. The maximum Gasteiger partial charge on any atom is 0.127 e. The Morgan fingerprint density at radius 3 is 2.60 bits per heavy atom. The average Bonchev–Trinajstić information content (AvgIpc) is 2.43. The maximum atomic E-state index is 13.7. The molecule has 1 nitrogen and oxygen atoms in total. The second kappa shape index (κ2) is 7.42. The van der Waals surface area contributed by atoms with Crippen molar-refractivity contribution in [3.63, 3.8) is 0 Å². The summed E-state index contributed by atoms with van der Waals surface area (Å²) in [5.41, 5.74) is 0.567. The monoisotopic (exact) mass is 298 g/mol. The molecule has 0 spiro atoms. The lowest BCUT2D eigenvalue weighted by Gasteiger charge is -2.31. The summed E-state index contributed by atoms with van der Waals surface area (Å²) in [6.45, 7) is 2.23. The SMILES string of the molecule is CCCC1CCC(C(O)Cc2ccc(Cl)cc2F)CC1. The van der Waals surface area contributed by atoms with E-state index in [0.717, 1.165) is 18.8 Å². The number of hydrogen-bond acceptors (Lipinski definition) is 1. The third kappa shape index (κ3) is 4.20. The van der Waals surface area contributed by atoms with Gasteiger partial charge < -0.3 is 5.11 Å². The molecule has 1 aromatic carbocycles. The molecule has 112 valence electrons. The highest BCUT2D eigenvalue weighted by molar-refractivity contribution is 6.30. The molecule has 20 heavy (non-hydrogen) atoms. The highest BCUT2D eigenvalue weighted by atomic mass is 35.5. The Hall–Kier alpha value is -0.600. The topological polar surface area (TPSA) is 20.2 Å².